The number of ether oxygens (including phenoxy) is 2. The number of hydrogen-bond donors (Lipinski definition) is 1. The van der Waals surface area contributed by atoms with Gasteiger partial charge in [-0.1, -0.05) is 44.2 Å². The molecule has 1 heterocycles. The summed E-state index contributed by atoms with van der Waals surface area (Å²) >= 11 is 0. The number of aryl methyl sites for hydroxylation is 1. The van der Waals surface area contributed by atoms with E-state index >= 15 is 0 Å². The van der Waals surface area contributed by atoms with Crippen molar-refractivity contribution in [2.24, 2.45) is 0 Å². The smallest absolute Gasteiger partial charge is 0.275 e. The molecule has 206 valence electrons. The predicted molar refractivity (Wildman–Crippen MR) is 160 cm³/mol. The van der Waals surface area contributed by atoms with Gasteiger partial charge in [0.15, 0.2) is 0 Å². The highest BCUT2D eigenvalue weighted by atomic mass is 16.6. The molecule has 0 fully saturated rings. The van der Waals surface area contributed by atoms with Crippen LogP contribution in [-0.4, -0.2) is 22.9 Å². The van der Waals surface area contributed by atoms with Crippen LogP contribution < -0.4 is 14.8 Å². The number of nitro benzene ring substituents is 1. The number of amides is 1. The number of nitro groups is 1. The highest BCUT2D eigenvalue weighted by molar-refractivity contribution is 6.13. The van der Waals surface area contributed by atoms with Gasteiger partial charge in [-0.3, -0.25) is 14.9 Å². The van der Waals surface area contributed by atoms with Crippen LogP contribution in [-0.2, 0) is 0 Å². The number of aromatic nitrogens is 1. The zero-order chi connectivity index (χ0) is 29.1. The summed E-state index contributed by atoms with van der Waals surface area (Å²) in [5.41, 5.74) is 4.48. The third-order valence-electron chi connectivity index (χ3n) is 6.73. The number of rotatable bonds is 8. The van der Waals surface area contributed by atoms with Gasteiger partial charge >= 0.3 is 0 Å². The number of carbonyl (C=O) groups excluding carboxylic acids is 1. The number of nitrogens with one attached hydrogen (secondary N) is 1. The normalized spacial score (nSPS) is 11.0. The van der Waals surface area contributed by atoms with Crippen molar-refractivity contribution in [1.29, 1.82) is 0 Å². The molecular formula is C33H29N3O5. The average molecular weight is 548 g/mol. The molecule has 0 atom stereocenters. The number of fused-ring (bicyclic) bond motifs is 1. The average Bonchev–Trinajstić information content (AvgIpc) is 2.96. The number of hydrogen-bond acceptors (Lipinski definition) is 6. The molecule has 0 saturated heterocycles. The Morgan fingerprint density at radius 1 is 0.927 bits per heavy atom. The van der Waals surface area contributed by atoms with E-state index in [9.17, 15) is 14.9 Å². The van der Waals surface area contributed by atoms with Gasteiger partial charge in [-0.05, 0) is 66.4 Å². The molecule has 0 unspecified atom stereocenters. The van der Waals surface area contributed by atoms with Crippen LogP contribution >= 0.6 is 0 Å². The van der Waals surface area contributed by atoms with Crippen molar-refractivity contribution in [2.45, 2.75) is 26.7 Å². The quantitative estimate of drug-likeness (QED) is 0.155. The van der Waals surface area contributed by atoms with Crippen LogP contribution in [0.3, 0.4) is 0 Å². The van der Waals surface area contributed by atoms with Gasteiger partial charge in [-0.15, -0.1) is 0 Å². The first kappa shape index (κ1) is 27.3. The van der Waals surface area contributed by atoms with E-state index in [-0.39, 0.29) is 23.0 Å². The third-order valence-corrected chi connectivity index (χ3v) is 6.73. The number of para-hydroxylation sites is 1. The molecule has 41 heavy (non-hydrogen) atoms. The monoisotopic (exact) mass is 547 g/mol. The van der Waals surface area contributed by atoms with Gasteiger partial charge < -0.3 is 14.8 Å². The number of non-ortho nitro benzene ring substituents is 1. The molecular weight excluding hydrogens is 518 g/mol. The van der Waals surface area contributed by atoms with E-state index in [0.717, 1.165) is 16.7 Å². The van der Waals surface area contributed by atoms with Gasteiger partial charge in [0.1, 0.15) is 17.2 Å². The number of anilines is 1. The Kier molecular flexibility index (Phi) is 7.65. The molecule has 5 aromatic rings. The van der Waals surface area contributed by atoms with Crippen molar-refractivity contribution in [1.82, 2.24) is 4.98 Å². The zero-order valence-electron chi connectivity index (χ0n) is 23.2. The third kappa shape index (κ3) is 6.01. The molecule has 0 aliphatic heterocycles. The lowest BCUT2D eigenvalue weighted by molar-refractivity contribution is -0.384. The largest absolute Gasteiger partial charge is 0.497 e. The topological polar surface area (TPSA) is 104 Å². The Hall–Kier alpha value is -5.24. The maximum atomic E-state index is 13.7. The lowest BCUT2D eigenvalue weighted by atomic mass is 10.0. The Morgan fingerprint density at radius 2 is 1.68 bits per heavy atom. The van der Waals surface area contributed by atoms with Gasteiger partial charge in [-0.2, -0.15) is 0 Å². The number of benzene rings is 4. The molecule has 1 N–H and O–H groups in total. The highest BCUT2D eigenvalue weighted by Gasteiger charge is 2.18. The number of carbonyl (C=O) groups is 1. The van der Waals surface area contributed by atoms with E-state index in [0.29, 0.717) is 33.7 Å². The Balaban J connectivity index is 1.52. The predicted octanol–water partition coefficient (Wildman–Crippen LogP) is 8.30. The van der Waals surface area contributed by atoms with Crippen LogP contribution in [0.15, 0.2) is 91.0 Å². The van der Waals surface area contributed by atoms with Crippen molar-refractivity contribution >= 4 is 28.2 Å². The van der Waals surface area contributed by atoms with Crippen molar-refractivity contribution in [3.63, 3.8) is 0 Å². The first-order valence-electron chi connectivity index (χ1n) is 13.2. The summed E-state index contributed by atoms with van der Waals surface area (Å²) in [6, 6.07) is 26.6. The van der Waals surface area contributed by atoms with E-state index in [2.05, 4.69) is 19.2 Å². The fourth-order valence-electron chi connectivity index (χ4n) is 4.63. The minimum atomic E-state index is -0.508. The zero-order valence-corrected chi connectivity index (χ0v) is 23.2. The lowest BCUT2D eigenvalue weighted by Gasteiger charge is -2.16. The van der Waals surface area contributed by atoms with Gasteiger partial charge in [0.2, 0.25) is 0 Å². The second-order valence-corrected chi connectivity index (χ2v) is 10.0. The maximum Gasteiger partial charge on any atom is 0.275 e. The first-order valence-corrected chi connectivity index (χ1v) is 13.2. The molecule has 0 saturated carbocycles. The standard InChI is InChI=1S/C33H29N3O5/c1-20(2)27-14-9-21(3)15-32(27)41-26-17-23(16-24(18-26)36(38)39)34-33(37)29-19-31(22-10-12-25(40-4)13-11-22)35-30-8-6-5-7-28(29)30/h5-20H,1-4H3,(H,34,37). The van der Waals surface area contributed by atoms with Crippen LogP contribution in [0.5, 0.6) is 17.2 Å². The molecule has 0 aliphatic rings. The van der Waals surface area contributed by atoms with E-state index in [1.54, 1.807) is 19.2 Å². The minimum Gasteiger partial charge on any atom is -0.497 e. The van der Waals surface area contributed by atoms with Crippen molar-refractivity contribution in [2.75, 3.05) is 12.4 Å². The number of nitrogens with zero attached hydrogens (tertiary/aromatic N) is 2. The maximum absolute atomic E-state index is 13.7. The summed E-state index contributed by atoms with van der Waals surface area (Å²) in [5.74, 6) is 1.33. The first-order chi connectivity index (χ1) is 19.7. The second kappa shape index (κ2) is 11.5. The summed E-state index contributed by atoms with van der Waals surface area (Å²) in [4.78, 5) is 29.7. The van der Waals surface area contributed by atoms with Crippen molar-refractivity contribution < 1.29 is 19.2 Å². The van der Waals surface area contributed by atoms with Crippen LogP contribution in [0.2, 0.25) is 0 Å². The summed E-state index contributed by atoms with van der Waals surface area (Å²) in [6.45, 7) is 6.06. The Labute approximate surface area is 237 Å². The van der Waals surface area contributed by atoms with Gasteiger partial charge in [0.25, 0.3) is 11.6 Å². The highest BCUT2D eigenvalue weighted by Crippen LogP contribution is 2.35. The molecule has 0 aliphatic carbocycles. The van der Waals surface area contributed by atoms with E-state index < -0.39 is 10.8 Å². The molecule has 5 rings (SSSR count). The Morgan fingerprint density at radius 3 is 2.39 bits per heavy atom. The summed E-state index contributed by atoms with van der Waals surface area (Å²) in [5, 5.41) is 15.3. The van der Waals surface area contributed by atoms with Crippen LogP contribution in [0.1, 0.15) is 41.3 Å². The van der Waals surface area contributed by atoms with Gasteiger partial charge in [0.05, 0.1) is 40.6 Å². The van der Waals surface area contributed by atoms with E-state index in [4.69, 9.17) is 14.5 Å². The Bertz CT molecular complexity index is 1760. The number of pyridine rings is 1. The molecule has 1 aromatic heterocycles. The van der Waals surface area contributed by atoms with E-state index in [1.165, 1.54) is 12.1 Å². The molecule has 8 heteroatoms. The second-order valence-electron chi connectivity index (χ2n) is 10.0. The minimum absolute atomic E-state index is 0.184. The molecule has 0 spiro atoms. The fraction of sp³-hybridized carbons (Fsp3) is 0.152. The molecule has 8 nitrogen and oxygen atoms in total. The van der Waals surface area contributed by atoms with Crippen LogP contribution in [0.4, 0.5) is 11.4 Å². The van der Waals surface area contributed by atoms with Gasteiger partial charge in [-0.25, -0.2) is 4.98 Å². The molecule has 1 amide bonds. The summed E-state index contributed by atoms with van der Waals surface area (Å²) < 4.78 is 11.4. The summed E-state index contributed by atoms with van der Waals surface area (Å²) in [6.07, 6.45) is 0. The van der Waals surface area contributed by atoms with Crippen LogP contribution in [0, 0.1) is 17.0 Å². The van der Waals surface area contributed by atoms with Crippen molar-refractivity contribution in [3.8, 4) is 28.5 Å². The fourth-order valence-corrected chi connectivity index (χ4v) is 4.63. The summed E-state index contributed by atoms with van der Waals surface area (Å²) in [7, 11) is 1.60. The van der Waals surface area contributed by atoms with E-state index in [1.807, 2.05) is 73.7 Å². The lowest BCUT2D eigenvalue weighted by Crippen LogP contribution is -2.13. The van der Waals surface area contributed by atoms with Crippen LogP contribution in [0.25, 0.3) is 22.2 Å². The molecule has 0 radical (unpaired) electrons. The SMILES string of the molecule is COc1ccc(-c2cc(C(=O)Nc3cc(Oc4cc(C)ccc4C(C)C)cc([N+](=O)[O-])c3)c3ccccc3n2)cc1. The molecule has 4 aromatic carbocycles. The van der Waals surface area contributed by atoms with Gasteiger partial charge in [0, 0.05) is 23.1 Å². The molecule has 0 bridgehead atoms. The number of methoxy groups -OCH3 is 1. The van der Waals surface area contributed by atoms with Crippen molar-refractivity contribution in [3.05, 3.63) is 118 Å².